The molecule has 0 fully saturated rings. The zero-order chi connectivity index (χ0) is 13.3. The van der Waals surface area contributed by atoms with E-state index in [1.807, 2.05) is 13.8 Å². The number of hydrogen-bond donors (Lipinski definition) is 2. The Morgan fingerprint density at radius 3 is 2.41 bits per heavy atom. The molecule has 0 spiro atoms. The maximum absolute atomic E-state index is 10.9. The van der Waals surface area contributed by atoms with Crippen molar-refractivity contribution in [2.75, 3.05) is 13.2 Å². The average Bonchev–Trinajstić information content (AvgIpc) is 2.22. The van der Waals surface area contributed by atoms with Crippen LogP contribution in [-0.4, -0.2) is 36.4 Å². The van der Waals surface area contributed by atoms with Crippen molar-refractivity contribution >= 4 is 5.97 Å². The summed E-state index contributed by atoms with van der Waals surface area (Å²) >= 11 is 0. The molecule has 2 N–H and O–H groups in total. The summed E-state index contributed by atoms with van der Waals surface area (Å²) in [5.74, 6) is -0.245. The second kappa shape index (κ2) is 9.42. The second-order valence-corrected chi connectivity index (χ2v) is 4.97. The fourth-order valence-electron chi connectivity index (χ4n) is 1.74. The molecule has 2 unspecified atom stereocenters. The lowest BCUT2D eigenvalue weighted by Crippen LogP contribution is -2.41. The SMILES string of the molecule is CCCC(C)COCCC(NC(C)C)C(=O)O. The van der Waals surface area contributed by atoms with Gasteiger partial charge in [0.15, 0.2) is 0 Å². The monoisotopic (exact) mass is 245 g/mol. The number of hydrogen-bond acceptors (Lipinski definition) is 3. The van der Waals surface area contributed by atoms with Crippen LogP contribution in [0.15, 0.2) is 0 Å². The normalized spacial score (nSPS) is 14.9. The largest absolute Gasteiger partial charge is 0.480 e. The van der Waals surface area contributed by atoms with Gasteiger partial charge in [-0.15, -0.1) is 0 Å². The van der Waals surface area contributed by atoms with Gasteiger partial charge in [0, 0.05) is 19.3 Å². The van der Waals surface area contributed by atoms with E-state index in [1.165, 1.54) is 0 Å². The van der Waals surface area contributed by atoms with Gasteiger partial charge in [0.25, 0.3) is 0 Å². The van der Waals surface area contributed by atoms with Gasteiger partial charge in [-0.2, -0.15) is 0 Å². The van der Waals surface area contributed by atoms with Gasteiger partial charge < -0.3 is 15.2 Å². The molecule has 0 radical (unpaired) electrons. The van der Waals surface area contributed by atoms with Crippen molar-refractivity contribution in [1.82, 2.24) is 5.32 Å². The molecule has 0 bridgehead atoms. The van der Waals surface area contributed by atoms with Crippen molar-refractivity contribution in [3.8, 4) is 0 Å². The Balaban J connectivity index is 3.71. The Kier molecular flexibility index (Phi) is 9.09. The molecule has 0 saturated carbocycles. The summed E-state index contributed by atoms with van der Waals surface area (Å²) in [5.41, 5.74) is 0. The van der Waals surface area contributed by atoms with E-state index in [-0.39, 0.29) is 6.04 Å². The third kappa shape index (κ3) is 9.12. The predicted molar refractivity (Wildman–Crippen MR) is 69.2 cm³/mol. The van der Waals surface area contributed by atoms with Gasteiger partial charge in [0.05, 0.1) is 0 Å². The van der Waals surface area contributed by atoms with Crippen molar-refractivity contribution in [2.45, 2.75) is 59.0 Å². The molecule has 0 rings (SSSR count). The summed E-state index contributed by atoms with van der Waals surface area (Å²) in [6.07, 6.45) is 2.84. The molecule has 0 aromatic rings. The highest BCUT2D eigenvalue weighted by atomic mass is 16.5. The lowest BCUT2D eigenvalue weighted by Gasteiger charge is -2.18. The molecule has 0 heterocycles. The van der Waals surface area contributed by atoms with Crippen LogP contribution >= 0.6 is 0 Å². The van der Waals surface area contributed by atoms with Gasteiger partial charge in [0.1, 0.15) is 6.04 Å². The van der Waals surface area contributed by atoms with Crippen LogP contribution in [0.25, 0.3) is 0 Å². The lowest BCUT2D eigenvalue weighted by atomic mass is 10.1. The number of aliphatic carboxylic acids is 1. The van der Waals surface area contributed by atoms with Gasteiger partial charge in [-0.1, -0.05) is 34.1 Å². The highest BCUT2D eigenvalue weighted by Gasteiger charge is 2.17. The van der Waals surface area contributed by atoms with Crippen LogP contribution in [0.4, 0.5) is 0 Å². The highest BCUT2D eigenvalue weighted by Crippen LogP contribution is 2.05. The smallest absolute Gasteiger partial charge is 0.320 e. The number of ether oxygens (including phenoxy) is 1. The first-order valence-electron chi connectivity index (χ1n) is 6.54. The van der Waals surface area contributed by atoms with Crippen molar-refractivity contribution in [3.63, 3.8) is 0 Å². The zero-order valence-electron chi connectivity index (χ0n) is 11.5. The van der Waals surface area contributed by atoms with Crippen molar-refractivity contribution in [1.29, 1.82) is 0 Å². The Bertz CT molecular complexity index is 207. The van der Waals surface area contributed by atoms with E-state index < -0.39 is 12.0 Å². The first kappa shape index (κ1) is 16.4. The number of carboxylic acids is 1. The van der Waals surface area contributed by atoms with Crippen LogP contribution in [0.2, 0.25) is 0 Å². The van der Waals surface area contributed by atoms with Gasteiger partial charge in [-0.05, 0) is 18.8 Å². The fraction of sp³-hybridized carbons (Fsp3) is 0.923. The highest BCUT2D eigenvalue weighted by molar-refractivity contribution is 5.73. The summed E-state index contributed by atoms with van der Waals surface area (Å²) in [6, 6.07) is -0.327. The van der Waals surface area contributed by atoms with Crippen LogP contribution in [0.1, 0.15) is 47.0 Å². The quantitative estimate of drug-likeness (QED) is 0.580. The zero-order valence-corrected chi connectivity index (χ0v) is 11.5. The summed E-state index contributed by atoms with van der Waals surface area (Å²) in [5, 5.41) is 12.0. The number of carboxylic acid groups (broad SMARTS) is 1. The first-order valence-corrected chi connectivity index (χ1v) is 6.54. The Labute approximate surface area is 105 Å². The topological polar surface area (TPSA) is 58.6 Å². The third-order valence-electron chi connectivity index (χ3n) is 2.57. The Morgan fingerprint density at radius 1 is 1.29 bits per heavy atom. The molecule has 4 heteroatoms. The molecule has 0 saturated heterocycles. The summed E-state index contributed by atoms with van der Waals surface area (Å²) in [4.78, 5) is 10.9. The molecule has 0 aromatic carbocycles. The first-order chi connectivity index (χ1) is 7.97. The minimum Gasteiger partial charge on any atom is -0.480 e. The van der Waals surface area contributed by atoms with Crippen LogP contribution in [0, 0.1) is 5.92 Å². The van der Waals surface area contributed by atoms with Crippen molar-refractivity contribution < 1.29 is 14.6 Å². The molecular weight excluding hydrogens is 218 g/mol. The maximum atomic E-state index is 10.9. The van der Waals surface area contributed by atoms with E-state index in [9.17, 15) is 4.79 Å². The van der Waals surface area contributed by atoms with Gasteiger partial charge in [-0.3, -0.25) is 4.79 Å². The van der Waals surface area contributed by atoms with E-state index in [0.29, 0.717) is 18.9 Å². The Hall–Kier alpha value is -0.610. The molecule has 2 atom stereocenters. The van der Waals surface area contributed by atoms with Gasteiger partial charge in [-0.25, -0.2) is 0 Å². The van der Waals surface area contributed by atoms with Crippen LogP contribution in [0.5, 0.6) is 0 Å². The molecule has 0 aliphatic rings. The van der Waals surface area contributed by atoms with Crippen LogP contribution < -0.4 is 5.32 Å². The molecule has 0 aromatic heterocycles. The number of rotatable bonds is 10. The fourth-order valence-corrected chi connectivity index (χ4v) is 1.74. The predicted octanol–water partition coefficient (Wildman–Crippen LogP) is 2.28. The van der Waals surface area contributed by atoms with Crippen molar-refractivity contribution in [3.05, 3.63) is 0 Å². The minimum atomic E-state index is -0.802. The molecule has 0 amide bonds. The Morgan fingerprint density at radius 2 is 1.94 bits per heavy atom. The average molecular weight is 245 g/mol. The summed E-state index contributed by atoms with van der Waals surface area (Å²) in [6.45, 7) is 9.43. The molecular formula is C13H27NO3. The van der Waals surface area contributed by atoms with E-state index >= 15 is 0 Å². The van der Waals surface area contributed by atoms with Gasteiger partial charge in [0.2, 0.25) is 0 Å². The lowest BCUT2D eigenvalue weighted by molar-refractivity contribution is -0.140. The van der Waals surface area contributed by atoms with Gasteiger partial charge >= 0.3 is 5.97 Å². The number of nitrogens with one attached hydrogen (secondary N) is 1. The van der Waals surface area contributed by atoms with E-state index in [0.717, 1.165) is 19.4 Å². The molecule has 4 nitrogen and oxygen atoms in total. The van der Waals surface area contributed by atoms with Crippen molar-refractivity contribution in [2.24, 2.45) is 5.92 Å². The standard InChI is InChI=1S/C13H27NO3/c1-5-6-11(4)9-17-8-7-12(13(15)16)14-10(2)3/h10-12,14H,5-9H2,1-4H3,(H,15,16). The summed E-state index contributed by atoms with van der Waals surface area (Å²) in [7, 11) is 0. The maximum Gasteiger partial charge on any atom is 0.320 e. The third-order valence-corrected chi connectivity index (χ3v) is 2.57. The molecule has 102 valence electrons. The van der Waals surface area contributed by atoms with E-state index in [4.69, 9.17) is 9.84 Å². The summed E-state index contributed by atoms with van der Waals surface area (Å²) < 4.78 is 5.51. The second-order valence-electron chi connectivity index (χ2n) is 4.97. The minimum absolute atomic E-state index is 0.176. The molecule has 0 aliphatic heterocycles. The van der Waals surface area contributed by atoms with Crippen LogP contribution in [0.3, 0.4) is 0 Å². The van der Waals surface area contributed by atoms with Crippen LogP contribution in [-0.2, 0) is 9.53 Å². The molecule has 0 aliphatic carbocycles. The number of carbonyl (C=O) groups is 1. The molecule has 17 heavy (non-hydrogen) atoms. The van der Waals surface area contributed by atoms with E-state index in [2.05, 4.69) is 19.2 Å². The van der Waals surface area contributed by atoms with E-state index in [1.54, 1.807) is 0 Å².